The van der Waals surface area contributed by atoms with E-state index in [-0.39, 0.29) is 0 Å². The minimum Gasteiger partial charge on any atom is -0.371 e. The van der Waals surface area contributed by atoms with Crippen LogP contribution in [-0.4, -0.2) is 52.4 Å². The van der Waals surface area contributed by atoms with Gasteiger partial charge in [-0.3, -0.25) is 4.90 Å². The van der Waals surface area contributed by atoms with Gasteiger partial charge in [0.2, 0.25) is 0 Å². The minimum absolute atomic E-state index is 0.509. The number of fused-ring (bicyclic) bond motifs is 1. The maximum Gasteiger partial charge on any atom is 0.147 e. The van der Waals surface area contributed by atoms with Crippen LogP contribution in [0.3, 0.4) is 0 Å². The maximum absolute atomic E-state index is 4.59. The lowest BCUT2D eigenvalue weighted by molar-refractivity contribution is 0.194. The van der Waals surface area contributed by atoms with Gasteiger partial charge in [-0.05, 0) is 50.3 Å². The quantitative estimate of drug-likeness (QED) is 0.884. The fourth-order valence-corrected chi connectivity index (χ4v) is 5.16. The lowest BCUT2D eigenvalue weighted by atomic mass is 9.96. The van der Waals surface area contributed by atoms with Crippen molar-refractivity contribution >= 4 is 5.69 Å². The van der Waals surface area contributed by atoms with Crippen LogP contribution in [-0.2, 0) is 19.6 Å². The first-order valence-electron chi connectivity index (χ1n) is 11.1. The van der Waals surface area contributed by atoms with E-state index in [2.05, 4.69) is 54.1 Å². The first-order chi connectivity index (χ1) is 13.9. The summed E-state index contributed by atoms with van der Waals surface area (Å²) in [5.74, 6) is 2.83. The van der Waals surface area contributed by atoms with Crippen LogP contribution >= 0.6 is 0 Å². The maximum atomic E-state index is 4.59. The van der Waals surface area contributed by atoms with Gasteiger partial charge in [-0.15, -0.1) is 10.2 Å². The van der Waals surface area contributed by atoms with E-state index in [1.165, 1.54) is 68.8 Å². The summed E-state index contributed by atoms with van der Waals surface area (Å²) in [6, 6.07) is 9.05. The second kappa shape index (κ2) is 8.21. The van der Waals surface area contributed by atoms with Gasteiger partial charge in [0, 0.05) is 50.9 Å². The first-order valence-corrected chi connectivity index (χ1v) is 11.1. The van der Waals surface area contributed by atoms with E-state index in [0.29, 0.717) is 5.92 Å². The summed E-state index contributed by atoms with van der Waals surface area (Å²) in [6.07, 6.45) is 6.51. The molecule has 1 N–H and O–H groups in total. The highest BCUT2D eigenvalue weighted by atomic mass is 15.3. The van der Waals surface area contributed by atoms with Gasteiger partial charge in [0.25, 0.3) is 0 Å². The van der Waals surface area contributed by atoms with E-state index in [9.17, 15) is 0 Å². The molecule has 2 saturated heterocycles. The van der Waals surface area contributed by atoms with Crippen LogP contribution < -0.4 is 10.2 Å². The number of benzene rings is 1. The third-order valence-electron chi connectivity index (χ3n) is 6.60. The van der Waals surface area contributed by atoms with Crippen molar-refractivity contribution < 1.29 is 0 Å². The van der Waals surface area contributed by atoms with Gasteiger partial charge in [-0.25, -0.2) is 0 Å². The van der Waals surface area contributed by atoms with Crippen molar-refractivity contribution in [2.24, 2.45) is 0 Å². The molecule has 2 fully saturated rings. The van der Waals surface area contributed by atoms with Gasteiger partial charge in [0.05, 0.1) is 6.54 Å². The second-order valence-corrected chi connectivity index (χ2v) is 8.55. The summed E-state index contributed by atoms with van der Waals surface area (Å²) in [5, 5.41) is 12.4. The van der Waals surface area contributed by atoms with Crippen molar-refractivity contribution in [2.45, 2.75) is 57.7 Å². The molecule has 6 heteroatoms. The second-order valence-electron chi connectivity index (χ2n) is 8.55. The Kier molecular flexibility index (Phi) is 5.32. The highest BCUT2D eigenvalue weighted by Gasteiger charge is 2.28. The molecule has 3 aliphatic rings. The molecular formula is C22H32N6. The van der Waals surface area contributed by atoms with Crippen LogP contribution in [0, 0.1) is 0 Å². The number of aromatic nitrogens is 3. The van der Waals surface area contributed by atoms with E-state index in [0.717, 1.165) is 38.5 Å². The number of piperidine rings is 2. The number of anilines is 1. The molecule has 2 aromatic rings. The molecule has 0 amide bonds. The lowest BCUT2D eigenvalue weighted by Crippen LogP contribution is -2.37. The number of rotatable bonds is 4. The Morgan fingerprint density at radius 2 is 1.86 bits per heavy atom. The monoisotopic (exact) mass is 380 g/mol. The summed E-state index contributed by atoms with van der Waals surface area (Å²) in [6.45, 7) is 8.63. The molecule has 1 atom stereocenters. The highest BCUT2D eigenvalue weighted by Crippen LogP contribution is 2.30. The Morgan fingerprint density at radius 3 is 2.79 bits per heavy atom. The SMILES string of the molecule is c1ccc(N2CCCCC2)c(CN2CCC[C@@H](c3nnc4n3CCNC4)C2)c1. The predicted octanol–water partition coefficient (Wildman–Crippen LogP) is 2.75. The number of hydrogen-bond acceptors (Lipinski definition) is 5. The van der Waals surface area contributed by atoms with Crippen molar-refractivity contribution in [3.63, 3.8) is 0 Å². The molecule has 1 aromatic heterocycles. The Morgan fingerprint density at radius 1 is 0.964 bits per heavy atom. The molecule has 0 spiro atoms. The molecule has 4 heterocycles. The molecule has 150 valence electrons. The zero-order valence-electron chi connectivity index (χ0n) is 16.8. The molecule has 3 aliphatic heterocycles. The number of para-hydroxylation sites is 1. The van der Waals surface area contributed by atoms with E-state index in [4.69, 9.17) is 0 Å². The van der Waals surface area contributed by atoms with Crippen LogP contribution in [0.25, 0.3) is 0 Å². The Labute approximate surface area is 167 Å². The number of nitrogens with zero attached hydrogens (tertiary/aromatic N) is 5. The Balaban J connectivity index is 1.31. The summed E-state index contributed by atoms with van der Waals surface area (Å²) in [4.78, 5) is 5.24. The third-order valence-corrected chi connectivity index (χ3v) is 6.60. The number of hydrogen-bond donors (Lipinski definition) is 1. The lowest BCUT2D eigenvalue weighted by Gasteiger charge is -2.35. The summed E-state index contributed by atoms with van der Waals surface area (Å²) in [5.41, 5.74) is 2.94. The van der Waals surface area contributed by atoms with Crippen molar-refractivity contribution in [3.05, 3.63) is 41.5 Å². The van der Waals surface area contributed by atoms with Crippen LogP contribution in [0.4, 0.5) is 5.69 Å². The van der Waals surface area contributed by atoms with Gasteiger partial charge in [-0.1, -0.05) is 18.2 Å². The zero-order valence-corrected chi connectivity index (χ0v) is 16.8. The largest absolute Gasteiger partial charge is 0.371 e. The molecule has 28 heavy (non-hydrogen) atoms. The van der Waals surface area contributed by atoms with Gasteiger partial charge in [-0.2, -0.15) is 0 Å². The first kappa shape index (κ1) is 18.1. The van der Waals surface area contributed by atoms with E-state index < -0.39 is 0 Å². The zero-order chi connectivity index (χ0) is 18.8. The normalized spacial score (nSPS) is 23.6. The summed E-state index contributed by atoms with van der Waals surface area (Å²) < 4.78 is 2.37. The Bertz CT molecular complexity index is 794. The fourth-order valence-electron chi connectivity index (χ4n) is 5.16. The van der Waals surface area contributed by atoms with E-state index in [1.807, 2.05) is 0 Å². The predicted molar refractivity (Wildman–Crippen MR) is 111 cm³/mol. The smallest absolute Gasteiger partial charge is 0.147 e. The summed E-state index contributed by atoms with van der Waals surface area (Å²) in [7, 11) is 0. The van der Waals surface area contributed by atoms with Crippen molar-refractivity contribution in [1.29, 1.82) is 0 Å². The van der Waals surface area contributed by atoms with Crippen molar-refractivity contribution in [3.8, 4) is 0 Å². The number of likely N-dealkylation sites (tertiary alicyclic amines) is 1. The molecule has 0 saturated carbocycles. The summed E-state index contributed by atoms with van der Waals surface area (Å²) >= 11 is 0. The minimum atomic E-state index is 0.509. The standard InChI is InChI=1S/C22H32N6/c1-4-12-27(13-5-1)20-9-3-2-7-18(20)16-26-11-6-8-19(17-26)22-25-24-21-15-23-10-14-28(21)22/h2-3,7,9,19,23H,1,4-6,8,10-17H2/t19-/m1/s1. The average Bonchev–Trinajstić information content (AvgIpc) is 3.19. The van der Waals surface area contributed by atoms with Gasteiger partial charge in [0.15, 0.2) is 0 Å². The van der Waals surface area contributed by atoms with E-state index in [1.54, 1.807) is 0 Å². The topological polar surface area (TPSA) is 49.2 Å². The molecule has 0 aliphatic carbocycles. The Hall–Kier alpha value is -1.92. The fraction of sp³-hybridized carbons (Fsp3) is 0.636. The van der Waals surface area contributed by atoms with Crippen molar-refractivity contribution in [1.82, 2.24) is 25.0 Å². The molecule has 0 bridgehead atoms. The highest BCUT2D eigenvalue weighted by molar-refractivity contribution is 5.53. The average molecular weight is 381 g/mol. The van der Waals surface area contributed by atoms with E-state index >= 15 is 0 Å². The van der Waals surface area contributed by atoms with Crippen molar-refractivity contribution in [2.75, 3.05) is 37.6 Å². The molecule has 0 unspecified atom stereocenters. The van der Waals surface area contributed by atoms with Crippen LogP contribution in [0.5, 0.6) is 0 Å². The van der Waals surface area contributed by atoms with Crippen LogP contribution in [0.1, 0.15) is 55.2 Å². The van der Waals surface area contributed by atoms with Gasteiger partial charge in [0.1, 0.15) is 11.6 Å². The van der Waals surface area contributed by atoms with Gasteiger partial charge >= 0.3 is 0 Å². The number of nitrogens with one attached hydrogen (secondary N) is 1. The third kappa shape index (κ3) is 3.67. The molecule has 6 nitrogen and oxygen atoms in total. The van der Waals surface area contributed by atoms with Crippen LogP contribution in [0.15, 0.2) is 24.3 Å². The molecule has 1 aromatic carbocycles. The molecular weight excluding hydrogens is 348 g/mol. The molecule has 5 rings (SSSR count). The van der Waals surface area contributed by atoms with Gasteiger partial charge < -0.3 is 14.8 Å². The van der Waals surface area contributed by atoms with Crippen LogP contribution in [0.2, 0.25) is 0 Å². The molecule has 0 radical (unpaired) electrons.